The summed E-state index contributed by atoms with van der Waals surface area (Å²) in [6.07, 6.45) is 3.30. The summed E-state index contributed by atoms with van der Waals surface area (Å²) in [7, 11) is 3.68. The monoisotopic (exact) mass is 138 g/mol. The van der Waals surface area contributed by atoms with Crippen LogP contribution in [0, 0.1) is 0 Å². The van der Waals surface area contributed by atoms with Gasteiger partial charge in [0.25, 0.3) is 0 Å². The number of hydrogen-bond acceptors (Lipinski definition) is 2. The van der Waals surface area contributed by atoms with Crippen molar-refractivity contribution in [2.45, 2.75) is 0 Å². The molecule has 0 fully saturated rings. The van der Waals surface area contributed by atoms with Crippen molar-refractivity contribution in [2.24, 2.45) is 0 Å². The molecule has 1 heterocycles. The largest absolute Gasteiger partial charge is 0.373 e. The van der Waals surface area contributed by atoms with Gasteiger partial charge in [-0.1, -0.05) is 0 Å². The molecule has 0 saturated carbocycles. The van der Waals surface area contributed by atoms with Gasteiger partial charge in [0.1, 0.15) is 5.69 Å². The van der Waals surface area contributed by atoms with E-state index in [4.69, 9.17) is 0 Å². The van der Waals surface area contributed by atoms with Gasteiger partial charge in [-0.25, -0.2) is 0 Å². The van der Waals surface area contributed by atoms with Gasteiger partial charge in [-0.15, -0.1) is 0 Å². The standard InChI is InChI=1S/C7H10N2O/c1-9(2)6-5-8-4-3-7(6)10/h3-5H,1-2H3,(H,8,10). The van der Waals surface area contributed by atoms with Crippen LogP contribution >= 0.6 is 0 Å². The number of aromatic nitrogens is 1. The molecule has 0 atom stereocenters. The lowest BCUT2D eigenvalue weighted by Gasteiger charge is -2.09. The quantitative estimate of drug-likeness (QED) is 0.611. The first kappa shape index (κ1) is 6.86. The minimum Gasteiger partial charge on any atom is -0.373 e. The SMILES string of the molecule is CN(C)c1c[nH]ccc1=O. The molecule has 0 aliphatic rings. The summed E-state index contributed by atoms with van der Waals surface area (Å²) in [4.78, 5) is 15.6. The van der Waals surface area contributed by atoms with Crippen LogP contribution in [-0.2, 0) is 0 Å². The van der Waals surface area contributed by atoms with Gasteiger partial charge < -0.3 is 9.88 Å². The molecular weight excluding hydrogens is 128 g/mol. The van der Waals surface area contributed by atoms with Crippen LogP contribution in [0.5, 0.6) is 0 Å². The zero-order chi connectivity index (χ0) is 7.56. The smallest absolute Gasteiger partial charge is 0.204 e. The zero-order valence-corrected chi connectivity index (χ0v) is 6.09. The molecule has 0 aliphatic carbocycles. The van der Waals surface area contributed by atoms with Crippen molar-refractivity contribution >= 4 is 5.69 Å². The van der Waals surface area contributed by atoms with Gasteiger partial charge in [0.15, 0.2) is 0 Å². The van der Waals surface area contributed by atoms with Crippen LogP contribution in [0.25, 0.3) is 0 Å². The molecule has 0 radical (unpaired) electrons. The van der Waals surface area contributed by atoms with Crippen LogP contribution in [-0.4, -0.2) is 19.1 Å². The molecule has 0 saturated heterocycles. The molecule has 3 heteroatoms. The minimum absolute atomic E-state index is 0.0451. The molecule has 0 unspecified atom stereocenters. The molecule has 3 nitrogen and oxygen atoms in total. The highest BCUT2D eigenvalue weighted by atomic mass is 16.1. The Morgan fingerprint density at radius 3 is 2.60 bits per heavy atom. The Hall–Kier alpha value is -1.25. The normalized spacial score (nSPS) is 9.40. The molecule has 54 valence electrons. The molecule has 0 aromatic carbocycles. The molecule has 1 aromatic rings. The average Bonchev–Trinajstić information content (AvgIpc) is 1.88. The van der Waals surface area contributed by atoms with E-state index >= 15 is 0 Å². The Labute approximate surface area is 59.3 Å². The van der Waals surface area contributed by atoms with E-state index in [0.29, 0.717) is 5.69 Å². The average molecular weight is 138 g/mol. The van der Waals surface area contributed by atoms with Crippen molar-refractivity contribution in [3.63, 3.8) is 0 Å². The van der Waals surface area contributed by atoms with E-state index in [1.165, 1.54) is 6.07 Å². The molecule has 0 bridgehead atoms. The van der Waals surface area contributed by atoms with Crippen molar-refractivity contribution in [3.8, 4) is 0 Å². The first-order valence-electron chi connectivity index (χ1n) is 3.06. The third-order valence-corrected chi connectivity index (χ3v) is 1.29. The highest BCUT2D eigenvalue weighted by Crippen LogP contribution is 1.97. The van der Waals surface area contributed by atoms with Crippen molar-refractivity contribution in [1.82, 2.24) is 4.98 Å². The number of nitrogens with zero attached hydrogens (tertiary/aromatic N) is 1. The second kappa shape index (κ2) is 2.56. The fraction of sp³-hybridized carbons (Fsp3) is 0.286. The van der Waals surface area contributed by atoms with Crippen LogP contribution < -0.4 is 10.3 Å². The molecule has 0 aliphatic heterocycles. The summed E-state index contributed by atoms with van der Waals surface area (Å²) < 4.78 is 0. The lowest BCUT2D eigenvalue weighted by atomic mass is 10.4. The Morgan fingerprint density at radius 1 is 1.50 bits per heavy atom. The number of pyridine rings is 1. The number of rotatable bonds is 1. The fourth-order valence-corrected chi connectivity index (χ4v) is 0.757. The maximum atomic E-state index is 11.0. The summed E-state index contributed by atoms with van der Waals surface area (Å²) in [5.74, 6) is 0. The second-order valence-electron chi connectivity index (χ2n) is 2.29. The number of hydrogen-bond donors (Lipinski definition) is 1. The van der Waals surface area contributed by atoms with E-state index in [1.54, 1.807) is 17.3 Å². The second-order valence-corrected chi connectivity index (χ2v) is 2.29. The van der Waals surface area contributed by atoms with Crippen LogP contribution in [0.15, 0.2) is 23.3 Å². The lowest BCUT2D eigenvalue weighted by Crippen LogP contribution is -2.17. The number of nitrogens with one attached hydrogen (secondary N) is 1. The maximum Gasteiger partial charge on any atom is 0.204 e. The van der Waals surface area contributed by atoms with Crippen molar-refractivity contribution in [2.75, 3.05) is 19.0 Å². The predicted octanol–water partition coefficient (Wildman–Crippen LogP) is 0.441. The van der Waals surface area contributed by atoms with Crippen molar-refractivity contribution < 1.29 is 0 Å². The first-order chi connectivity index (χ1) is 4.72. The Morgan fingerprint density at radius 2 is 2.20 bits per heavy atom. The van der Waals surface area contributed by atoms with Gasteiger partial charge >= 0.3 is 0 Å². The number of H-pyrrole nitrogens is 1. The Kier molecular flexibility index (Phi) is 1.76. The number of aromatic amines is 1. The topological polar surface area (TPSA) is 36.1 Å². The summed E-state index contributed by atoms with van der Waals surface area (Å²) in [5, 5.41) is 0. The van der Waals surface area contributed by atoms with E-state index < -0.39 is 0 Å². The minimum atomic E-state index is 0.0451. The third-order valence-electron chi connectivity index (χ3n) is 1.29. The van der Waals surface area contributed by atoms with Crippen LogP contribution in [0.1, 0.15) is 0 Å². The molecule has 0 spiro atoms. The lowest BCUT2D eigenvalue weighted by molar-refractivity contribution is 1.10. The number of anilines is 1. The zero-order valence-electron chi connectivity index (χ0n) is 6.09. The molecule has 1 rings (SSSR count). The van der Waals surface area contributed by atoms with Gasteiger partial charge in [0, 0.05) is 32.6 Å². The van der Waals surface area contributed by atoms with Crippen LogP contribution in [0.4, 0.5) is 5.69 Å². The first-order valence-corrected chi connectivity index (χ1v) is 3.06. The van der Waals surface area contributed by atoms with Crippen LogP contribution in [0.2, 0.25) is 0 Å². The summed E-state index contributed by atoms with van der Waals surface area (Å²) in [6, 6.07) is 1.51. The Bertz CT molecular complexity index is 264. The molecule has 1 aromatic heterocycles. The molecule has 0 amide bonds. The van der Waals surface area contributed by atoms with Gasteiger partial charge in [-0.05, 0) is 0 Å². The highest BCUT2D eigenvalue weighted by molar-refractivity contribution is 5.41. The van der Waals surface area contributed by atoms with E-state index in [1.807, 2.05) is 14.1 Å². The van der Waals surface area contributed by atoms with E-state index in [-0.39, 0.29) is 5.43 Å². The summed E-state index contributed by atoms with van der Waals surface area (Å²) in [6.45, 7) is 0. The maximum absolute atomic E-state index is 11.0. The summed E-state index contributed by atoms with van der Waals surface area (Å²) in [5.41, 5.74) is 0.728. The van der Waals surface area contributed by atoms with E-state index in [9.17, 15) is 4.79 Å². The van der Waals surface area contributed by atoms with Crippen molar-refractivity contribution in [3.05, 3.63) is 28.7 Å². The van der Waals surface area contributed by atoms with E-state index in [0.717, 1.165) is 0 Å². The fourth-order valence-electron chi connectivity index (χ4n) is 0.757. The third kappa shape index (κ3) is 1.18. The molecular formula is C7H10N2O. The van der Waals surface area contributed by atoms with Gasteiger partial charge in [-0.3, -0.25) is 4.79 Å². The molecule has 1 N–H and O–H groups in total. The predicted molar refractivity (Wildman–Crippen MR) is 41.4 cm³/mol. The molecule has 10 heavy (non-hydrogen) atoms. The van der Waals surface area contributed by atoms with Gasteiger partial charge in [-0.2, -0.15) is 0 Å². The Balaban J connectivity index is 3.16. The van der Waals surface area contributed by atoms with Crippen LogP contribution in [0.3, 0.4) is 0 Å². The van der Waals surface area contributed by atoms with Gasteiger partial charge in [0.05, 0.1) is 0 Å². The highest BCUT2D eigenvalue weighted by Gasteiger charge is 1.96. The van der Waals surface area contributed by atoms with E-state index in [2.05, 4.69) is 4.98 Å². The van der Waals surface area contributed by atoms with Gasteiger partial charge in [0.2, 0.25) is 5.43 Å². The van der Waals surface area contributed by atoms with Crippen molar-refractivity contribution in [1.29, 1.82) is 0 Å². The summed E-state index contributed by atoms with van der Waals surface area (Å²) >= 11 is 0.